The number of halogens is 2. The predicted octanol–water partition coefficient (Wildman–Crippen LogP) is 3.35. The van der Waals surface area contributed by atoms with E-state index in [1.54, 1.807) is 24.1 Å². The molecule has 164 valence electrons. The maximum absolute atomic E-state index is 13.4. The summed E-state index contributed by atoms with van der Waals surface area (Å²) in [5, 5.41) is 0. The van der Waals surface area contributed by atoms with Gasteiger partial charge in [0.2, 0.25) is 0 Å². The van der Waals surface area contributed by atoms with Crippen LogP contribution in [0.5, 0.6) is 0 Å². The van der Waals surface area contributed by atoms with Crippen LogP contribution in [0.1, 0.15) is 57.3 Å². The molecule has 9 heteroatoms. The highest BCUT2D eigenvalue weighted by Crippen LogP contribution is 2.32. The summed E-state index contributed by atoms with van der Waals surface area (Å²) < 4.78 is 31.9. The van der Waals surface area contributed by atoms with Crippen LogP contribution in [-0.4, -0.2) is 52.4 Å². The molecule has 1 fully saturated rings. The third-order valence-corrected chi connectivity index (χ3v) is 5.67. The number of hydrogen-bond donors (Lipinski definition) is 0. The fourth-order valence-electron chi connectivity index (χ4n) is 4.10. The van der Waals surface area contributed by atoms with Crippen LogP contribution >= 0.6 is 0 Å². The van der Waals surface area contributed by atoms with Crippen molar-refractivity contribution in [2.45, 2.75) is 45.7 Å². The summed E-state index contributed by atoms with van der Waals surface area (Å²) in [5.41, 5.74) is 2.90. The molecular formula is C22H24F2N4O3. The number of aromatic nitrogens is 2. The quantitative estimate of drug-likeness (QED) is 0.678. The van der Waals surface area contributed by atoms with E-state index in [0.717, 1.165) is 11.1 Å². The molecule has 0 N–H and O–H groups in total. The number of amides is 1. The molecule has 31 heavy (non-hydrogen) atoms. The highest BCUT2D eigenvalue weighted by atomic mass is 19.3. The molecule has 7 nitrogen and oxygen atoms in total. The topological polar surface area (TPSA) is 75.6 Å². The lowest BCUT2D eigenvalue weighted by molar-refractivity contribution is -0.0221. The van der Waals surface area contributed by atoms with Crippen molar-refractivity contribution in [3.8, 4) is 0 Å². The molecule has 0 unspecified atom stereocenters. The number of rotatable bonds is 5. The average molecular weight is 430 g/mol. The highest BCUT2D eigenvalue weighted by Gasteiger charge is 2.35. The molecule has 0 atom stereocenters. The number of aryl methyl sites for hydroxylation is 1. The Morgan fingerprint density at radius 3 is 2.68 bits per heavy atom. The Balaban J connectivity index is 1.49. The van der Waals surface area contributed by atoms with Crippen molar-refractivity contribution in [2.75, 3.05) is 24.6 Å². The summed E-state index contributed by atoms with van der Waals surface area (Å²) >= 11 is 0. The van der Waals surface area contributed by atoms with Crippen LogP contribution in [0.2, 0.25) is 0 Å². The van der Waals surface area contributed by atoms with Gasteiger partial charge in [-0.1, -0.05) is 0 Å². The Hall–Kier alpha value is -3.10. The van der Waals surface area contributed by atoms with Crippen LogP contribution in [0.4, 0.5) is 14.6 Å². The van der Waals surface area contributed by atoms with Gasteiger partial charge in [0.1, 0.15) is 5.82 Å². The molecule has 1 amide bonds. The second kappa shape index (κ2) is 8.20. The Morgan fingerprint density at radius 2 is 2.00 bits per heavy atom. The highest BCUT2D eigenvalue weighted by molar-refractivity contribution is 6.02. The third-order valence-electron chi connectivity index (χ3n) is 5.67. The van der Waals surface area contributed by atoms with Gasteiger partial charge in [0.05, 0.1) is 6.61 Å². The molecule has 1 saturated heterocycles. The number of hydrogen-bond acceptors (Lipinski definition) is 6. The zero-order valence-electron chi connectivity index (χ0n) is 17.5. The molecule has 2 aromatic heterocycles. The largest absolute Gasteiger partial charge is 0.461 e. The van der Waals surface area contributed by atoms with Crippen molar-refractivity contribution in [3.05, 3.63) is 52.5 Å². The Labute approximate surface area is 179 Å². The minimum Gasteiger partial charge on any atom is -0.461 e. The van der Waals surface area contributed by atoms with Gasteiger partial charge in [-0.3, -0.25) is 4.79 Å². The van der Waals surface area contributed by atoms with E-state index >= 15 is 0 Å². The lowest BCUT2D eigenvalue weighted by atomic mass is 10.1. The Bertz CT molecular complexity index is 1020. The number of nitrogens with zero attached hydrogens (tertiary/aromatic N) is 4. The van der Waals surface area contributed by atoms with Gasteiger partial charge in [-0.25, -0.2) is 23.5 Å². The van der Waals surface area contributed by atoms with Crippen LogP contribution in [-0.2, 0) is 17.8 Å². The molecule has 0 radical (unpaired) electrons. The van der Waals surface area contributed by atoms with E-state index in [4.69, 9.17) is 4.74 Å². The maximum Gasteiger partial charge on any atom is 0.357 e. The number of esters is 1. The normalized spacial score (nSPS) is 17.6. The van der Waals surface area contributed by atoms with Crippen LogP contribution in [0.25, 0.3) is 0 Å². The molecule has 0 spiro atoms. The van der Waals surface area contributed by atoms with Gasteiger partial charge in [-0.05, 0) is 37.1 Å². The van der Waals surface area contributed by atoms with Gasteiger partial charge in [0.15, 0.2) is 5.69 Å². The summed E-state index contributed by atoms with van der Waals surface area (Å²) in [5.74, 6) is -2.62. The summed E-state index contributed by atoms with van der Waals surface area (Å²) in [6.07, 6.45) is 2.77. The molecular weight excluding hydrogens is 406 g/mol. The van der Waals surface area contributed by atoms with E-state index in [-0.39, 0.29) is 50.7 Å². The zero-order chi connectivity index (χ0) is 22.2. The van der Waals surface area contributed by atoms with E-state index in [1.807, 2.05) is 17.9 Å². The molecule has 4 heterocycles. The lowest BCUT2D eigenvalue weighted by Crippen LogP contribution is -2.40. The fourth-order valence-corrected chi connectivity index (χ4v) is 4.10. The number of alkyl halides is 2. The molecule has 0 saturated carbocycles. The summed E-state index contributed by atoms with van der Waals surface area (Å²) in [6, 6.07) is 3.54. The second-order valence-electron chi connectivity index (χ2n) is 7.89. The van der Waals surface area contributed by atoms with E-state index in [2.05, 4.69) is 9.97 Å². The Kier molecular flexibility index (Phi) is 5.60. The van der Waals surface area contributed by atoms with E-state index < -0.39 is 11.9 Å². The molecule has 0 bridgehead atoms. The van der Waals surface area contributed by atoms with Gasteiger partial charge in [-0.2, -0.15) is 0 Å². The molecule has 2 aliphatic rings. The number of pyridine rings is 2. The molecule has 0 aliphatic carbocycles. The van der Waals surface area contributed by atoms with Crippen LogP contribution in [0, 0.1) is 6.92 Å². The standard InChI is InChI=1S/C22H24F2N4O3/c1-3-31-21(30)18-17-13-28(20(29)16(17)4-7-25-18)12-15-10-14(2)19(26-11-15)27-8-5-22(23,24)6-9-27/h4,7,10-11H,3,5-6,8-9,12-13H2,1-2H3. The van der Waals surface area contributed by atoms with Crippen molar-refractivity contribution in [1.29, 1.82) is 0 Å². The first-order valence-corrected chi connectivity index (χ1v) is 10.3. The summed E-state index contributed by atoms with van der Waals surface area (Å²) in [7, 11) is 0. The second-order valence-corrected chi connectivity index (χ2v) is 7.89. The smallest absolute Gasteiger partial charge is 0.357 e. The number of fused-ring (bicyclic) bond motifs is 1. The van der Waals surface area contributed by atoms with Gasteiger partial charge in [0, 0.05) is 62.5 Å². The minimum absolute atomic E-state index is 0.168. The van der Waals surface area contributed by atoms with Gasteiger partial charge in [0.25, 0.3) is 11.8 Å². The van der Waals surface area contributed by atoms with E-state index in [0.29, 0.717) is 23.5 Å². The van der Waals surface area contributed by atoms with Crippen molar-refractivity contribution in [3.63, 3.8) is 0 Å². The van der Waals surface area contributed by atoms with E-state index in [1.165, 1.54) is 6.20 Å². The van der Waals surface area contributed by atoms with Crippen molar-refractivity contribution in [2.24, 2.45) is 0 Å². The molecule has 4 rings (SSSR count). The lowest BCUT2D eigenvalue weighted by Gasteiger charge is -2.33. The first-order chi connectivity index (χ1) is 14.8. The molecule has 0 aromatic carbocycles. The number of piperidine rings is 1. The van der Waals surface area contributed by atoms with Crippen molar-refractivity contribution < 1.29 is 23.1 Å². The molecule has 2 aliphatic heterocycles. The number of carbonyl (C=O) groups is 2. The monoisotopic (exact) mass is 430 g/mol. The van der Waals surface area contributed by atoms with Crippen molar-refractivity contribution in [1.82, 2.24) is 14.9 Å². The number of carbonyl (C=O) groups excluding carboxylic acids is 2. The SMILES string of the molecule is CCOC(=O)c1nccc2c1CN(Cc1cnc(N3CCC(F)(F)CC3)c(C)c1)C2=O. The van der Waals surface area contributed by atoms with Crippen molar-refractivity contribution >= 4 is 17.7 Å². The van der Waals surface area contributed by atoms with E-state index in [9.17, 15) is 18.4 Å². The number of anilines is 1. The van der Waals surface area contributed by atoms with Gasteiger partial charge in [-0.15, -0.1) is 0 Å². The zero-order valence-corrected chi connectivity index (χ0v) is 17.5. The average Bonchev–Trinajstić information content (AvgIpc) is 3.04. The minimum atomic E-state index is -2.60. The number of ether oxygens (including phenoxy) is 1. The maximum atomic E-state index is 13.4. The Morgan fingerprint density at radius 1 is 1.26 bits per heavy atom. The first-order valence-electron chi connectivity index (χ1n) is 10.3. The van der Waals surface area contributed by atoms with Crippen LogP contribution in [0.3, 0.4) is 0 Å². The fraction of sp³-hybridized carbons (Fsp3) is 0.455. The first kappa shape index (κ1) is 21.1. The summed E-state index contributed by atoms with van der Waals surface area (Å²) in [6.45, 7) is 4.95. The molecule has 2 aromatic rings. The van der Waals surface area contributed by atoms with Crippen LogP contribution in [0.15, 0.2) is 24.5 Å². The third kappa shape index (κ3) is 4.22. The van der Waals surface area contributed by atoms with Gasteiger partial charge < -0.3 is 14.5 Å². The van der Waals surface area contributed by atoms with Crippen LogP contribution < -0.4 is 4.90 Å². The summed E-state index contributed by atoms with van der Waals surface area (Å²) in [4.78, 5) is 37.1. The van der Waals surface area contributed by atoms with Gasteiger partial charge >= 0.3 is 5.97 Å². The predicted molar refractivity (Wildman–Crippen MR) is 109 cm³/mol.